The van der Waals surface area contributed by atoms with Gasteiger partial charge in [0.25, 0.3) is 10.0 Å². The molecule has 0 unspecified atom stereocenters. The summed E-state index contributed by atoms with van der Waals surface area (Å²) in [6.07, 6.45) is 2.07. The molecule has 41 heavy (non-hydrogen) atoms. The highest BCUT2D eigenvalue weighted by atomic mass is 32.2. The average Bonchev–Trinajstić information content (AvgIpc) is 3.00. The topological polar surface area (TPSA) is 105 Å². The molecule has 0 aliphatic rings. The summed E-state index contributed by atoms with van der Waals surface area (Å²) in [7, 11) is -1.17. The van der Waals surface area contributed by atoms with Crippen molar-refractivity contribution in [3.63, 3.8) is 0 Å². The van der Waals surface area contributed by atoms with Crippen LogP contribution in [-0.4, -0.2) is 58.5 Å². The van der Waals surface area contributed by atoms with Gasteiger partial charge < -0.3 is 19.7 Å². The molecule has 0 aromatic heterocycles. The van der Waals surface area contributed by atoms with Crippen LogP contribution in [-0.2, 0) is 26.2 Å². The van der Waals surface area contributed by atoms with E-state index < -0.39 is 28.5 Å². The van der Waals surface area contributed by atoms with E-state index in [0.29, 0.717) is 24.5 Å². The first-order valence-corrected chi connectivity index (χ1v) is 15.1. The number of anilines is 1. The fraction of sp³-hybridized carbons (Fsp3) is 0.355. The van der Waals surface area contributed by atoms with Crippen LogP contribution < -0.4 is 19.1 Å². The van der Waals surface area contributed by atoms with Crippen molar-refractivity contribution in [1.29, 1.82) is 0 Å². The third-order valence-corrected chi connectivity index (χ3v) is 8.47. The summed E-state index contributed by atoms with van der Waals surface area (Å²) in [6.45, 7) is 3.92. The monoisotopic (exact) mass is 581 g/mol. The van der Waals surface area contributed by atoms with E-state index in [1.165, 1.54) is 24.1 Å². The van der Waals surface area contributed by atoms with Crippen molar-refractivity contribution in [3.8, 4) is 11.5 Å². The zero-order valence-electron chi connectivity index (χ0n) is 24.1. The van der Waals surface area contributed by atoms with E-state index in [1.54, 1.807) is 61.7 Å². The minimum absolute atomic E-state index is 0.0322. The number of sulfonamides is 1. The second-order valence-electron chi connectivity index (χ2n) is 9.43. The summed E-state index contributed by atoms with van der Waals surface area (Å²) in [5, 5.41) is 2.93. The Bertz CT molecular complexity index is 1380. The van der Waals surface area contributed by atoms with Crippen LogP contribution in [0.4, 0.5) is 5.69 Å². The number of nitrogens with zero attached hydrogens (tertiary/aromatic N) is 2. The molecule has 10 heteroatoms. The molecule has 3 aromatic carbocycles. The van der Waals surface area contributed by atoms with Crippen LogP contribution in [0, 0.1) is 0 Å². The van der Waals surface area contributed by atoms with E-state index in [9.17, 15) is 18.0 Å². The lowest BCUT2D eigenvalue weighted by molar-refractivity contribution is -0.140. The fourth-order valence-electron chi connectivity index (χ4n) is 4.42. The van der Waals surface area contributed by atoms with Gasteiger partial charge in [0, 0.05) is 13.1 Å². The first kappa shape index (κ1) is 31.5. The number of rotatable bonds is 15. The van der Waals surface area contributed by atoms with Gasteiger partial charge in [0.2, 0.25) is 11.8 Å². The molecule has 9 nitrogen and oxygen atoms in total. The number of ether oxygens (including phenoxy) is 2. The van der Waals surface area contributed by atoms with E-state index in [4.69, 9.17) is 9.47 Å². The molecule has 1 N–H and O–H groups in total. The molecule has 0 saturated carbocycles. The second kappa shape index (κ2) is 15.1. The Hall–Kier alpha value is -4.05. The molecule has 0 aliphatic heterocycles. The van der Waals surface area contributed by atoms with Gasteiger partial charge in [0.05, 0.1) is 24.8 Å². The maximum absolute atomic E-state index is 14.1. The highest BCUT2D eigenvalue weighted by molar-refractivity contribution is 7.92. The number of methoxy groups -OCH3 is 2. The zero-order valence-corrected chi connectivity index (χ0v) is 24.9. The van der Waals surface area contributed by atoms with E-state index in [-0.39, 0.29) is 23.0 Å². The lowest BCUT2D eigenvalue weighted by atomic mass is 10.1. The van der Waals surface area contributed by atoms with Crippen molar-refractivity contribution in [2.75, 3.05) is 31.6 Å². The van der Waals surface area contributed by atoms with Gasteiger partial charge in [-0.1, -0.05) is 62.7 Å². The Morgan fingerprint density at radius 1 is 0.878 bits per heavy atom. The summed E-state index contributed by atoms with van der Waals surface area (Å²) in [5.74, 6) is 0.152. The highest BCUT2D eigenvalue weighted by Crippen LogP contribution is 2.32. The van der Waals surface area contributed by atoms with Gasteiger partial charge in [-0.25, -0.2) is 8.42 Å². The van der Waals surface area contributed by atoms with Crippen LogP contribution in [0.5, 0.6) is 11.5 Å². The van der Waals surface area contributed by atoms with Crippen molar-refractivity contribution < 1.29 is 27.5 Å². The quantitative estimate of drug-likeness (QED) is 0.263. The maximum atomic E-state index is 14.1. The molecule has 1 atom stereocenters. The van der Waals surface area contributed by atoms with Gasteiger partial charge in [-0.05, 0) is 54.8 Å². The molecular formula is C31H39N3O6S. The number of carbonyl (C=O) groups is 2. The molecule has 0 fully saturated rings. The predicted octanol–water partition coefficient (Wildman–Crippen LogP) is 4.62. The number of nitrogens with one attached hydrogen (secondary N) is 1. The number of para-hydroxylation sites is 2. The van der Waals surface area contributed by atoms with Crippen LogP contribution in [0.1, 0.15) is 38.7 Å². The molecule has 0 saturated heterocycles. The van der Waals surface area contributed by atoms with Gasteiger partial charge >= 0.3 is 0 Å². The first-order valence-electron chi connectivity index (χ1n) is 13.7. The molecule has 0 aliphatic carbocycles. The lowest BCUT2D eigenvalue weighted by Gasteiger charge is -2.33. The summed E-state index contributed by atoms with van der Waals surface area (Å²) in [4.78, 5) is 28.9. The van der Waals surface area contributed by atoms with Gasteiger partial charge in [0.1, 0.15) is 24.1 Å². The Balaban J connectivity index is 2.05. The second-order valence-corrected chi connectivity index (χ2v) is 11.3. The van der Waals surface area contributed by atoms with Crippen LogP contribution >= 0.6 is 0 Å². The lowest BCUT2D eigenvalue weighted by Crippen LogP contribution is -2.52. The Labute approximate surface area is 243 Å². The van der Waals surface area contributed by atoms with Gasteiger partial charge in [-0.2, -0.15) is 0 Å². The minimum Gasteiger partial charge on any atom is -0.497 e. The highest BCUT2D eigenvalue weighted by Gasteiger charge is 2.34. The fourth-order valence-corrected chi connectivity index (χ4v) is 5.87. The number of hydrogen-bond acceptors (Lipinski definition) is 6. The summed E-state index contributed by atoms with van der Waals surface area (Å²) in [6, 6.07) is 21.0. The van der Waals surface area contributed by atoms with E-state index in [0.717, 1.165) is 22.7 Å². The van der Waals surface area contributed by atoms with Crippen LogP contribution in [0.25, 0.3) is 0 Å². The third kappa shape index (κ3) is 8.00. The van der Waals surface area contributed by atoms with Crippen molar-refractivity contribution in [1.82, 2.24) is 10.2 Å². The SMILES string of the molecule is CCCCNC(=O)[C@@H](CC)N(Cc1ccc(OC)cc1)C(=O)CN(c1ccccc1OC)S(=O)(=O)c1ccccc1. The molecule has 0 radical (unpaired) electrons. The number of amides is 2. The smallest absolute Gasteiger partial charge is 0.264 e. The van der Waals surface area contributed by atoms with Gasteiger partial charge in [0.15, 0.2) is 0 Å². The number of carbonyl (C=O) groups excluding carboxylic acids is 2. The van der Waals surface area contributed by atoms with Crippen molar-refractivity contribution in [2.45, 2.75) is 50.6 Å². The maximum Gasteiger partial charge on any atom is 0.264 e. The number of hydrogen-bond donors (Lipinski definition) is 1. The van der Waals surface area contributed by atoms with Crippen molar-refractivity contribution >= 4 is 27.5 Å². The molecule has 0 spiro atoms. The Morgan fingerprint density at radius 2 is 1.54 bits per heavy atom. The molecule has 220 valence electrons. The van der Waals surface area contributed by atoms with E-state index in [1.807, 2.05) is 26.0 Å². The summed E-state index contributed by atoms with van der Waals surface area (Å²) >= 11 is 0. The number of unbranched alkanes of at least 4 members (excludes halogenated alkanes) is 1. The Kier molecular flexibility index (Phi) is 11.6. The van der Waals surface area contributed by atoms with Crippen LogP contribution in [0.2, 0.25) is 0 Å². The van der Waals surface area contributed by atoms with Gasteiger partial charge in [-0.3, -0.25) is 13.9 Å². The molecular weight excluding hydrogens is 542 g/mol. The zero-order chi connectivity index (χ0) is 29.8. The normalized spacial score (nSPS) is 11.8. The summed E-state index contributed by atoms with van der Waals surface area (Å²) < 4.78 is 39.7. The standard InChI is InChI=1S/C31H39N3O6S/c1-5-7-21-32-31(36)27(6-2)33(22-24-17-19-25(39-3)20-18-24)30(35)23-34(28-15-11-12-16-29(28)40-4)41(37,38)26-13-9-8-10-14-26/h8-20,27H,5-7,21-23H2,1-4H3,(H,32,36)/t27-/m1/s1. The van der Waals surface area contributed by atoms with Crippen molar-refractivity contribution in [2.24, 2.45) is 0 Å². The van der Waals surface area contributed by atoms with Gasteiger partial charge in [-0.15, -0.1) is 0 Å². The largest absolute Gasteiger partial charge is 0.497 e. The number of benzene rings is 3. The third-order valence-electron chi connectivity index (χ3n) is 6.69. The molecule has 0 bridgehead atoms. The average molecular weight is 582 g/mol. The molecule has 3 rings (SSSR count). The molecule has 3 aromatic rings. The molecule has 0 heterocycles. The van der Waals surface area contributed by atoms with Crippen LogP contribution in [0.15, 0.2) is 83.8 Å². The Morgan fingerprint density at radius 3 is 2.15 bits per heavy atom. The molecule has 2 amide bonds. The first-order chi connectivity index (χ1) is 19.8. The van der Waals surface area contributed by atoms with Crippen molar-refractivity contribution in [3.05, 3.63) is 84.4 Å². The predicted molar refractivity (Wildman–Crippen MR) is 160 cm³/mol. The van der Waals surface area contributed by atoms with E-state index >= 15 is 0 Å². The van der Waals surface area contributed by atoms with Crippen LogP contribution in [0.3, 0.4) is 0 Å². The summed E-state index contributed by atoms with van der Waals surface area (Å²) in [5.41, 5.74) is 0.991. The van der Waals surface area contributed by atoms with E-state index in [2.05, 4.69) is 5.32 Å². The minimum atomic E-state index is -4.18.